The van der Waals surface area contributed by atoms with E-state index in [1.165, 1.54) is 24.6 Å². The van der Waals surface area contributed by atoms with E-state index >= 15 is 0 Å². The second kappa shape index (κ2) is 7.27. The molecule has 0 amide bonds. The van der Waals surface area contributed by atoms with Gasteiger partial charge in [0, 0.05) is 24.6 Å². The Morgan fingerprint density at radius 3 is 2.57 bits per heavy atom. The smallest absolute Gasteiger partial charge is 0.288 e. The lowest BCUT2D eigenvalue weighted by atomic mass is 9.85. The maximum Gasteiger partial charge on any atom is 0.288 e. The third kappa shape index (κ3) is 4.65. The Labute approximate surface area is 135 Å². The number of anilines is 1. The number of aliphatic hydroxyl groups is 1. The van der Waals surface area contributed by atoms with Gasteiger partial charge < -0.3 is 10.4 Å². The molecular formula is C15H22N2O5S. The van der Waals surface area contributed by atoms with Crippen molar-refractivity contribution >= 4 is 21.2 Å². The van der Waals surface area contributed by atoms with Crippen LogP contribution < -0.4 is 5.32 Å². The molecule has 0 radical (unpaired) electrons. The van der Waals surface area contributed by atoms with E-state index in [1.54, 1.807) is 0 Å². The van der Waals surface area contributed by atoms with Gasteiger partial charge in [0.25, 0.3) is 5.69 Å². The van der Waals surface area contributed by atoms with E-state index in [-0.39, 0.29) is 10.8 Å². The summed E-state index contributed by atoms with van der Waals surface area (Å²) in [4.78, 5) is 9.90. The van der Waals surface area contributed by atoms with Crippen LogP contribution in [0.4, 0.5) is 11.4 Å². The number of rotatable bonds is 6. The van der Waals surface area contributed by atoms with Crippen LogP contribution in [0.1, 0.15) is 32.1 Å². The van der Waals surface area contributed by atoms with Gasteiger partial charge in [-0.25, -0.2) is 8.42 Å². The molecule has 0 bridgehead atoms. The average Bonchev–Trinajstić information content (AvgIpc) is 2.52. The molecule has 0 spiro atoms. The molecule has 1 aliphatic rings. The normalized spacial score (nSPS) is 17.7. The van der Waals surface area contributed by atoms with Crippen molar-refractivity contribution in [3.05, 3.63) is 28.3 Å². The van der Waals surface area contributed by atoms with Crippen molar-refractivity contribution in [3.63, 3.8) is 0 Å². The van der Waals surface area contributed by atoms with Gasteiger partial charge in [-0.15, -0.1) is 0 Å². The van der Waals surface area contributed by atoms with Gasteiger partial charge in [0.2, 0.25) is 0 Å². The highest BCUT2D eigenvalue weighted by Crippen LogP contribution is 2.29. The number of hydrogen-bond donors (Lipinski definition) is 2. The second-order valence-electron chi connectivity index (χ2n) is 6.06. The predicted octanol–water partition coefficient (Wildman–Crippen LogP) is 2.35. The molecule has 1 atom stereocenters. The molecule has 0 heterocycles. The molecular weight excluding hydrogens is 320 g/mol. The molecule has 2 N–H and O–H groups in total. The fourth-order valence-electron chi connectivity index (χ4n) is 2.98. The first-order valence-electron chi connectivity index (χ1n) is 7.69. The Bertz CT molecular complexity index is 668. The Morgan fingerprint density at radius 2 is 2.00 bits per heavy atom. The number of hydrogen-bond acceptors (Lipinski definition) is 6. The van der Waals surface area contributed by atoms with Gasteiger partial charge in [-0.2, -0.15) is 0 Å². The van der Waals surface area contributed by atoms with Gasteiger partial charge in [-0.05, 0) is 30.9 Å². The summed E-state index contributed by atoms with van der Waals surface area (Å²) in [5.41, 5.74) is 0.0109. The minimum atomic E-state index is -3.70. The lowest BCUT2D eigenvalue weighted by Gasteiger charge is -2.27. The zero-order valence-corrected chi connectivity index (χ0v) is 13.9. The summed E-state index contributed by atoms with van der Waals surface area (Å²) in [6.07, 6.45) is 5.88. The van der Waals surface area contributed by atoms with Crippen molar-refractivity contribution in [2.75, 3.05) is 18.1 Å². The molecule has 0 aromatic heterocycles. The number of nitrogens with one attached hydrogen (secondary N) is 1. The molecule has 1 fully saturated rings. The molecule has 1 aromatic rings. The third-order valence-electron chi connectivity index (χ3n) is 4.27. The number of sulfone groups is 1. The SMILES string of the molecule is CS(=O)(=O)c1cc(NCC(O)C2CCCCC2)ccc1[N+](=O)[O-]. The van der Waals surface area contributed by atoms with Crippen molar-refractivity contribution in [2.45, 2.75) is 43.1 Å². The van der Waals surface area contributed by atoms with E-state index < -0.39 is 26.6 Å². The van der Waals surface area contributed by atoms with Crippen LogP contribution in [0.15, 0.2) is 23.1 Å². The summed E-state index contributed by atoms with van der Waals surface area (Å²) in [5, 5.41) is 24.1. The van der Waals surface area contributed by atoms with E-state index in [1.807, 2.05) is 0 Å². The Balaban J connectivity index is 2.10. The predicted molar refractivity (Wildman–Crippen MR) is 87.3 cm³/mol. The Morgan fingerprint density at radius 1 is 1.35 bits per heavy atom. The lowest BCUT2D eigenvalue weighted by Crippen LogP contribution is -2.29. The van der Waals surface area contributed by atoms with Gasteiger partial charge in [-0.1, -0.05) is 19.3 Å². The highest BCUT2D eigenvalue weighted by molar-refractivity contribution is 7.90. The summed E-state index contributed by atoms with van der Waals surface area (Å²) < 4.78 is 23.4. The number of nitro benzene ring substituents is 1. The number of benzene rings is 1. The number of nitro groups is 1. The highest BCUT2D eigenvalue weighted by atomic mass is 32.2. The largest absolute Gasteiger partial charge is 0.391 e. The summed E-state index contributed by atoms with van der Waals surface area (Å²) in [5.74, 6) is 0.253. The van der Waals surface area contributed by atoms with Crippen LogP contribution in [-0.4, -0.2) is 37.4 Å². The molecule has 1 aromatic carbocycles. The maximum atomic E-state index is 11.7. The van der Waals surface area contributed by atoms with Crippen molar-refractivity contribution < 1.29 is 18.4 Å². The van der Waals surface area contributed by atoms with Gasteiger partial charge in [0.1, 0.15) is 4.90 Å². The minimum Gasteiger partial charge on any atom is -0.391 e. The topological polar surface area (TPSA) is 110 Å². The molecule has 1 aliphatic carbocycles. The van der Waals surface area contributed by atoms with E-state index in [4.69, 9.17) is 0 Å². The van der Waals surface area contributed by atoms with Crippen LogP contribution in [-0.2, 0) is 9.84 Å². The molecule has 128 valence electrons. The van der Waals surface area contributed by atoms with Crippen molar-refractivity contribution in [2.24, 2.45) is 5.92 Å². The molecule has 1 unspecified atom stereocenters. The summed E-state index contributed by atoms with van der Waals surface area (Å²) in [7, 11) is -3.70. The Hall–Kier alpha value is -1.67. The first kappa shape index (κ1) is 17.7. The van der Waals surface area contributed by atoms with Crippen LogP contribution in [0.2, 0.25) is 0 Å². The summed E-state index contributed by atoms with van der Waals surface area (Å²) in [6.45, 7) is 0.297. The standard InChI is InChI=1S/C15H22N2O5S/c1-23(21,22)15-9-12(7-8-13(15)17(19)20)16-10-14(18)11-5-3-2-4-6-11/h7-9,11,14,16,18H,2-6,10H2,1H3. The van der Waals surface area contributed by atoms with Crippen molar-refractivity contribution in [1.82, 2.24) is 0 Å². The van der Waals surface area contributed by atoms with E-state index in [0.29, 0.717) is 12.2 Å². The third-order valence-corrected chi connectivity index (χ3v) is 5.39. The van der Waals surface area contributed by atoms with Gasteiger partial charge in [0.05, 0.1) is 11.0 Å². The van der Waals surface area contributed by atoms with Crippen LogP contribution in [0.25, 0.3) is 0 Å². The second-order valence-corrected chi connectivity index (χ2v) is 8.04. The molecule has 23 heavy (non-hydrogen) atoms. The lowest BCUT2D eigenvalue weighted by molar-refractivity contribution is -0.387. The van der Waals surface area contributed by atoms with E-state index in [2.05, 4.69) is 5.32 Å². The first-order valence-corrected chi connectivity index (χ1v) is 9.58. The quantitative estimate of drug-likeness (QED) is 0.606. The van der Waals surface area contributed by atoms with Crippen LogP contribution in [0, 0.1) is 16.0 Å². The van der Waals surface area contributed by atoms with Gasteiger partial charge >= 0.3 is 0 Å². The Kier molecular flexibility index (Phi) is 5.59. The summed E-state index contributed by atoms with van der Waals surface area (Å²) in [6, 6.07) is 3.88. The fraction of sp³-hybridized carbons (Fsp3) is 0.600. The highest BCUT2D eigenvalue weighted by Gasteiger charge is 2.24. The zero-order valence-electron chi connectivity index (χ0n) is 13.1. The monoisotopic (exact) mass is 342 g/mol. The maximum absolute atomic E-state index is 11.7. The average molecular weight is 342 g/mol. The van der Waals surface area contributed by atoms with Crippen LogP contribution in [0.3, 0.4) is 0 Å². The molecule has 0 saturated heterocycles. The number of aliphatic hydroxyl groups excluding tert-OH is 1. The van der Waals surface area contributed by atoms with Crippen molar-refractivity contribution in [1.29, 1.82) is 0 Å². The van der Waals surface area contributed by atoms with Gasteiger partial charge in [-0.3, -0.25) is 10.1 Å². The van der Waals surface area contributed by atoms with Crippen molar-refractivity contribution in [3.8, 4) is 0 Å². The molecule has 2 rings (SSSR count). The number of nitrogens with zero attached hydrogens (tertiary/aromatic N) is 1. The molecule has 1 saturated carbocycles. The molecule has 8 heteroatoms. The van der Waals surface area contributed by atoms with Crippen LogP contribution in [0.5, 0.6) is 0 Å². The molecule has 7 nitrogen and oxygen atoms in total. The van der Waals surface area contributed by atoms with Crippen LogP contribution >= 0.6 is 0 Å². The fourth-order valence-corrected chi connectivity index (χ4v) is 3.84. The minimum absolute atomic E-state index is 0.253. The van der Waals surface area contributed by atoms with E-state index in [0.717, 1.165) is 31.9 Å². The first-order chi connectivity index (χ1) is 10.8. The summed E-state index contributed by atoms with van der Waals surface area (Å²) >= 11 is 0. The molecule has 0 aliphatic heterocycles. The van der Waals surface area contributed by atoms with Gasteiger partial charge in [0.15, 0.2) is 9.84 Å². The van der Waals surface area contributed by atoms with E-state index in [9.17, 15) is 23.6 Å². The zero-order chi connectivity index (χ0) is 17.0.